The molecule has 10 heteroatoms. The van der Waals surface area contributed by atoms with E-state index in [9.17, 15) is 21.6 Å². The summed E-state index contributed by atoms with van der Waals surface area (Å²) >= 11 is 5.72. The first kappa shape index (κ1) is 18.7. The third-order valence-electron chi connectivity index (χ3n) is 3.91. The molecule has 2 heterocycles. The fraction of sp³-hybridized carbons (Fsp3) is 0.188. The number of benzene rings is 1. The number of rotatable bonds is 4. The van der Waals surface area contributed by atoms with Gasteiger partial charge in [-0.2, -0.15) is 17.5 Å². The fourth-order valence-electron chi connectivity index (χ4n) is 2.61. The zero-order chi connectivity index (χ0) is 19.1. The molecule has 0 aliphatic rings. The predicted molar refractivity (Wildman–Crippen MR) is 90.4 cm³/mol. The van der Waals surface area contributed by atoms with Crippen LogP contribution in [0.3, 0.4) is 0 Å². The SMILES string of the molecule is CN([C@H](c1ccc(Cl)cc1)C(F)(F)F)S(=O)(=O)c1ccn2ccnc2c1. The Bertz CT molecular complexity index is 1030. The molecule has 26 heavy (non-hydrogen) atoms. The van der Waals surface area contributed by atoms with Gasteiger partial charge in [0.25, 0.3) is 0 Å². The van der Waals surface area contributed by atoms with Crippen LogP contribution in [-0.4, -0.2) is 35.3 Å². The molecule has 3 rings (SSSR count). The van der Waals surface area contributed by atoms with Gasteiger partial charge in [-0.15, -0.1) is 0 Å². The monoisotopic (exact) mass is 403 g/mol. The summed E-state index contributed by atoms with van der Waals surface area (Å²) in [4.78, 5) is 3.68. The molecule has 1 atom stereocenters. The molecule has 3 aromatic rings. The second-order valence-electron chi connectivity index (χ2n) is 5.57. The van der Waals surface area contributed by atoms with Gasteiger partial charge in [0, 0.05) is 36.7 Å². The number of hydrogen-bond donors (Lipinski definition) is 0. The van der Waals surface area contributed by atoms with Crippen molar-refractivity contribution in [2.75, 3.05) is 7.05 Å². The summed E-state index contributed by atoms with van der Waals surface area (Å²) in [6.45, 7) is 0. The van der Waals surface area contributed by atoms with Crippen LogP contribution in [0.15, 0.2) is 59.9 Å². The van der Waals surface area contributed by atoms with Crippen molar-refractivity contribution in [3.63, 3.8) is 0 Å². The van der Waals surface area contributed by atoms with E-state index < -0.39 is 22.2 Å². The van der Waals surface area contributed by atoms with Crippen LogP contribution in [0.5, 0.6) is 0 Å². The van der Waals surface area contributed by atoms with Gasteiger partial charge in [0.05, 0.1) is 4.90 Å². The summed E-state index contributed by atoms with van der Waals surface area (Å²) in [7, 11) is -3.52. The van der Waals surface area contributed by atoms with Crippen LogP contribution in [0.4, 0.5) is 13.2 Å². The number of nitrogens with zero attached hydrogens (tertiary/aromatic N) is 3. The van der Waals surface area contributed by atoms with Gasteiger partial charge in [0.15, 0.2) is 0 Å². The number of fused-ring (bicyclic) bond motifs is 1. The van der Waals surface area contributed by atoms with Crippen molar-refractivity contribution in [1.29, 1.82) is 0 Å². The van der Waals surface area contributed by atoms with Gasteiger partial charge in [-0.25, -0.2) is 13.4 Å². The summed E-state index contributed by atoms with van der Waals surface area (Å²) in [6.07, 6.45) is -0.329. The molecule has 0 amide bonds. The fourth-order valence-corrected chi connectivity index (χ4v) is 4.07. The number of alkyl halides is 3. The average Bonchev–Trinajstić information content (AvgIpc) is 3.03. The maximum atomic E-state index is 13.7. The van der Waals surface area contributed by atoms with Crippen molar-refractivity contribution in [1.82, 2.24) is 13.7 Å². The molecular weight excluding hydrogens is 391 g/mol. The second-order valence-corrected chi connectivity index (χ2v) is 8.01. The van der Waals surface area contributed by atoms with Gasteiger partial charge < -0.3 is 4.40 Å². The quantitative estimate of drug-likeness (QED) is 0.663. The van der Waals surface area contributed by atoms with Gasteiger partial charge in [0.2, 0.25) is 10.0 Å². The van der Waals surface area contributed by atoms with Gasteiger partial charge in [-0.05, 0) is 23.8 Å². The second kappa shape index (κ2) is 6.57. The highest BCUT2D eigenvalue weighted by atomic mass is 35.5. The smallest absolute Gasteiger partial charge is 0.307 e. The molecule has 138 valence electrons. The molecule has 0 bridgehead atoms. The van der Waals surface area contributed by atoms with E-state index in [1.54, 1.807) is 10.6 Å². The summed E-state index contributed by atoms with van der Waals surface area (Å²) in [5.74, 6) is 0. The molecule has 0 radical (unpaired) electrons. The van der Waals surface area contributed by atoms with Crippen molar-refractivity contribution in [3.05, 3.63) is 65.6 Å². The molecule has 0 saturated carbocycles. The van der Waals surface area contributed by atoms with Crippen LogP contribution in [0.1, 0.15) is 11.6 Å². The Hall–Kier alpha value is -2.10. The molecule has 0 aliphatic heterocycles. The van der Waals surface area contributed by atoms with Crippen LogP contribution in [-0.2, 0) is 10.0 Å². The Morgan fingerprint density at radius 2 is 1.81 bits per heavy atom. The highest BCUT2D eigenvalue weighted by Gasteiger charge is 2.47. The lowest BCUT2D eigenvalue weighted by atomic mass is 10.1. The largest absolute Gasteiger partial charge is 0.409 e. The Balaban J connectivity index is 2.07. The molecule has 0 aliphatic carbocycles. The maximum Gasteiger partial charge on any atom is 0.409 e. The highest BCUT2D eigenvalue weighted by molar-refractivity contribution is 7.89. The Labute approximate surface area is 152 Å². The number of sulfonamides is 1. The topological polar surface area (TPSA) is 54.7 Å². The van der Waals surface area contributed by atoms with E-state index in [4.69, 9.17) is 11.6 Å². The van der Waals surface area contributed by atoms with Gasteiger partial charge >= 0.3 is 6.18 Å². The maximum absolute atomic E-state index is 13.7. The van der Waals surface area contributed by atoms with Crippen LogP contribution in [0, 0.1) is 0 Å². The molecule has 0 spiro atoms. The molecule has 0 fully saturated rings. The third kappa shape index (κ3) is 3.42. The normalized spacial score (nSPS) is 14.1. The Morgan fingerprint density at radius 3 is 2.42 bits per heavy atom. The number of pyridine rings is 1. The minimum atomic E-state index is -4.81. The summed E-state index contributed by atoms with van der Waals surface area (Å²) < 4.78 is 68.4. The highest BCUT2D eigenvalue weighted by Crippen LogP contribution is 2.39. The van der Waals surface area contributed by atoms with E-state index in [0.717, 1.165) is 19.2 Å². The molecule has 5 nitrogen and oxygen atoms in total. The minimum absolute atomic E-state index is 0.227. The summed E-state index contributed by atoms with van der Waals surface area (Å²) in [5.41, 5.74) is 0.0874. The van der Waals surface area contributed by atoms with E-state index in [1.165, 1.54) is 36.7 Å². The van der Waals surface area contributed by atoms with Crippen molar-refractivity contribution in [2.45, 2.75) is 17.1 Å². The van der Waals surface area contributed by atoms with Crippen molar-refractivity contribution < 1.29 is 21.6 Å². The van der Waals surface area contributed by atoms with Crippen molar-refractivity contribution >= 4 is 27.3 Å². The van der Waals surface area contributed by atoms with Gasteiger partial charge in [0.1, 0.15) is 11.7 Å². The first-order chi connectivity index (χ1) is 12.1. The number of imidazole rings is 1. The van der Waals surface area contributed by atoms with Gasteiger partial charge in [-0.1, -0.05) is 23.7 Å². The van der Waals surface area contributed by atoms with Crippen molar-refractivity contribution in [3.8, 4) is 0 Å². The van der Waals surface area contributed by atoms with Crippen LogP contribution >= 0.6 is 11.6 Å². The zero-order valence-electron chi connectivity index (χ0n) is 13.4. The minimum Gasteiger partial charge on any atom is -0.307 e. The van der Waals surface area contributed by atoms with E-state index in [1.807, 2.05) is 0 Å². The first-order valence-corrected chi connectivity index (χ1v) is 9.15. The Morgan fingerprint density at radius 1 is 1.15 bits per heavy atom. The lowest BCUT2D eigenvalue weighted by molar-refractivity contribution is -0.171. The van der Waals surface area contributed by atoms with Crippen LogP contribution < -0.4 is 0 Å². The van der Waals surface area contributed by atoms with Crippen LogP contribution in [0.25, 0.3) is 5.65 Å². The average molecular weight is 404 g/mol. The van der Waals surface area contributed by atoms with E-state index >= 15 is 0 Å². The van der Waals surface area contributed by atoms with E-state index in [0.29, 0.717) is 9.95 Å². The molecule has 0 unspecified atom stereocenters. The van der Waals surface area contributed by atoms with Crippen LogP contribution in [0.2, 0.25) is 5.02 Å². The zero-order valence-corrected chi connectivity index (χ0v) is 14.9. The summed E-state index contributed by atoms with van der Waals surface area (Å²) in [5, 5.41) is 0.255. The van der Waals surface area contributed by atoms with Gasteiger partial charge in [-0.3, -0.25) is 0 Å². The number of aromatic nitrogens is 2. The molecule has 1 aromatic carbocycles. The lowest BCUT2D eigenvalue weighted by Crippen LogP contribution is -2.39. The third-order valence-corrected chi connectivity index (χ3v) is 5.98. The Kier molecular flexibility index (Phi) is 4.72. The van der Waals surface area contributed by atoms with Crippen molar-refractivity contribution in [2.24, 2.45) is 0 Å². The predicted octanol–water partition coefficient (Wildman–Crippen LogP) is 3.91. The molecular formula is C16H13ClF3N3O2S. The standard InChI is InChI=1S/C16H13ClF3N3O2S/c1-22(15(16(18,19)20)11-2-4-12(17)5-3-11)26(24,25)13-6-8-23-9-7-21-14(23)10-13/h2-10,15H,1H3/t15-/m1/s1. The molecule has 0 saturated heterocycles. The first-order valence-electron chi connectivity index (χ1n) is 7.33. The number of hydrogen-bond acceptors (Lipinski definition) is 3. The van der Waals surface area contributed by atoms with E-state index in [-0.39, 0.29) is 15.5 Å². The lowest BCUT2D eigenvalue weighted by Gasteiger charge is -2.29. The number of halogens is 4. The van der Waals surface area contributed by atoms with E-state index in [2.05, 4.69) is 4.98 Å². The molecule has 2 aromatic heterocycles. The summed E-state index contributed by atoms with van der Waals surface area (Å²) in [6, 6.07) is 4.99. The molecule has 0 N–H and O–H groups in total.